The topological polar surface area (TPSA) is 84.7 Å². The Labute approximate surface area is 145 Å². The number of carboxylic acids is 1. The number of benzene rings is 1. The van der Waals surface area contributed by atoms with Crippen LogP contribution in [0.15, 0.2) is 30.5 Å². The van der Waals surface area contributed by atoms with Gasteiger partial charge < -0.3 is 14.7 Å². The van der Waals surface area contributed by atoms with Gasteiger partial charge in [-0.15, -0.1) is 0 Å². The van der Waals surface area contributed by atoms with Crippen molar-refractivity contribution in [3.8, 4) is 5.75 Å². The number of aromatic carboxylic acids is 1. The van der Waals surface area contributed by atoms with E-state index in [1.165, 1.54) is 6.20 Å². The fourth-order valence-corrected chi connectivity index (χ4v) is 3.25. The van der Waals surface area contributed by atoms with Crippen LogP contribution >= 0.6 is 0 Å². The molecule has 1 N–H and O–H groups in total. The molecule has 1 aliphatic rings. The molecule has 3 rings (SSSR count). The van der Waals surface area contributed by atoms with Crippen LogP contribution in [0.4, 0.5) is 0 Å². The average molecular weight is 343 g/mol. The molecule has 2 heterocycles. The average Bonchev–Trinajstić information content (AvgIpc) is 3.03. The lowest BCUT2D eigenvalue weighted by atomic mass is 10.0. The summed E-state index contributed by atoms with van der Waals surface area (Å²) in [5, 5.41) is 13.4. The quantitative estimate of drug-likeness (QED) is 0.921. The number of carboxylic acid groups (broad SMARTS) is 1. The molecule has 0 unspecified atom stereocenters. The molecule has 1 amide bonds. The Balaban J connectivity index is 1.67. The summed E-state index contributed by atoms with van der Waals surface area (Å²) in [5.41, 5.74) is 1.50. The van der Waals surface area contributed by atoms with Gasteiger partial charge in [0.1, 0.15) is 11.3 Å². The van der Waals surface area contributed by atoms with Crippen LogP contribution < -0.4 is 4.74 Å². The van der Waals surface area contributed by atoms with Crippen LogP contribution in [0.3, 0.4) is 0 Å². The second-order valence-corrected chi connectivity index (χ2v) is 6.15. The number of carbonyl (C=O) groups is 2. The summed E-state index contributed by atoms with van der Waals surface area (Å²) < 4.78 is 6.95. The standard InChI is InChI=1S/C18H21N3O4/c1-12-16(18(23)24)11-19-21(12)14-6-8-20(9-7-14)17(22)13-4-3-5-15(10-13)25-2/h3-5,10-11,14H,6-9H2,1-2H3,(H,23,24). The minimum Gasteiger partial charge on any atom is -0.497 e. The van der Waals surface area contributed by atoms with Crippen molar-refractivity contribution in [2.45, 2.75) is 25.8 Å². The Morgan fingerprint density at radius 1 is 1.28 bits per heavy atom. The molecular formula is C18H21N3O4. The van der Waals surface area contributed by atoms with Gasteiger partial charge in [0, 0.05) is 18.7 Å². The van der Waals surface area contributed by atoms with E-state index in [0.717, 1.165) is 12.8 Å². The summed E-state index contributed by atoms with van der Waals surface area (Å²) in [5.74, 6) is -0.316. The molecule has 1 saturated heterocycles. The van der Waals surface area contributed by atoms with Crippen LogP contribution in [0.5, 0.6) is 5.75 Å². The van der Waals surface area contributed by atoms with Crippen molar-refractivity contribution in [3.05, 3.63) is 47.3 Å². The molecule has 7 nitrogen and oxygen atoms in total. The van der Waals surface area contributed by atoms with Crippen molar-refractivity contribution >= 4 is 11.9 Å². The molecule has 25 heavy (non-hydrogen) atoms. The van der Waals surface area contributed by atoms with E-state index < -0.39 is 5.97 Å². The lowest BCUT2D eigenvalue weighted by Gasteiger charge is -2.32. The minimum absolute atomic E-state index is 0.0132. The number of methoxy groups -OCH3 is 1. The van der Waals surface area contributed by atoms with E-state index >= 15 is 0 Å². The van der Waals surface area contributed by atoms with Gasteiger partial charge >= 0.3 is 5.97 Å². The summed E-state index contributed by atoms with van der Waals surface area (Å²) in [6.07, 6.45) is 2.89. The van der Waals surface area contributed by atoms with Gasteiger partial charge in [0.2, 0.25) is 0 Å². The summed E-state index contributed by atoms with van der Waals surface area (Å²) in [4.78, 5) is 25.6. The molecule has 1 aromatic heterocycles. The molecule has 1 aliphatic heterocycles. The van der Waals surface area contributed by atoms with Gasteiger partial charge in [-0.25, -0.2) is 4.79 Å². The van der Waals surface area contributed by atoms with Gasteiger partial charge in [-0.05, 0) is 38.0 Å². The zero-order valence-corrected chi connectivity index (χ0v) is 14.3. The first-order chi connectivity index (χ1) is 12.0. The molecular weight excluding hydrogens is 322 g/mol. The third-order valence-corrected chi connectivity index (χ3v) is 4.69. The molecule has 0 radical (unpaired) electrons. The normalized spacial score (nSPS) is 15.2. The molecule has 2 aromatic rings. The number of ether oxygens (including phenoxy) is 1. The van der Waals surface area contributed by atoms with Crippen molar-refractivity contribution in [3.63, 3.8) is 0 Å². The number of nitrogens with zero attached hydrogens (tertiary/aromatic N) is 3. The van der Waals surface area contributed by atoms with Crippen LogP contribution in [0, 0.1) is 6.92 Å². The van der Waals surface area contributed by atoms with Crippen LogP contribution in [0.25, 0.3) is 0 Å². The largest absolute Gasteiger partial charge is 0.497 e. The molecule has 0 bridgehead atoms. The predicted molar refractivity (Wildman–Crippen MR) is 91.1 cm³/mol. The maximum atomic E-state index is 12.6. The highest BCUT2D eigenvalue weighted by atomic mass is 16.5. The lowest BCUT2D eigenvalue weighted by Crippen LogP contribution is -2.39. The van der Waals surface area contributed by atoms with Gasteiger partial charge in [0.05, 0.1) is 25.0 Å². The highest BCUT2D eigenvalue weighted by molar-refractivity contribution is 5.94. The monoisotopic (exact) mass is 343 g/mol. The first kappa shape index (κ1) is 17.0. The third kappa shape index (κ3) is 3.35. The Hall–Kier alpha value is -2.83. The van der Waals surface area contributed by atoms with Crippen molar-refractivity contribution in [2.75, 3.05) is 20.2 Å². The lowest BCUT2D eigenvalue weighted by molar-refractivity contribution is 0.0687. The highest BCUT2D eigenvalue weighted by Gasteiger charge is 2.27. The molecule has 132 valence electrons. The molecule has 0 atom stereocenters. The van der Waals surface area contributed by atoms with Crippen molar-refractivity contribution < 1.29 is 19.4 Å². The number of carbonyl (C=O) groups excluding carboxylic acids is 1. The number of piperidine rings is 1. The molecule has 0 aliphatic carbocycles. The van der Waals surface area contributed by atoms with Crippen molar-refractivity contribution in [1.82, 2.24) is 14.7 Å². The van der Waals surface area contributed by atoms with E-state index in [4.69, 9.17) is 9.84 Å². The Bertz CT molecular complexity index is 791. The molecule has 0 spiro atoms. The van der Waals surface area contributed by atoms with E-state index in [2.05, 4.69) is 5.10 Å². The SMILES string of the molecule is COc1cccc(C(=O)N2CCC(n3ncc(C(=O)O)c3C)CC2)c1. The van der Waals surface area contributed by atoms with E-state index in [9.17, 15) is 9.59 Å². The molecule has 7 heteroatoms. The van der Waals surface area contributed by atoms with Gasteiger partial charge in [-0.3, -0.25) is 9.48 Å². The van der Waals surface area contributed by atoms with Gasteiger partial charge in [-0.1, -0.05) is 6.07 Å². The van der Waals surface area contributed by atoms with Gasteiger partial charge in [-0.2, -0.15) is 5.10 Å². The van der Waals surface area contributed by atoms with Crippen LogP contribution in [-0.4, -0.2) is 51.9 Å². The molecule has 1 aromatic carbocycles. The molecule has 1 fully saturated rings. The van der Waals surface area contributed by atoms with Crippen LogP contribution in [0.2, 0.25) is 0 Å². The van der Waals surface area contributed by atoms with E-state index in [1.807, 2.05) is 11.0 Å². The fraction of sp³-hybridized carbons (Fsp3) is 0.389. The van der Waals surface area contributed by atoms with Crippen LogP contribution in [-0.2, 0) is 0 Å². The summed E-state index contributed by atoms with van der Waals surface area (Å²) in [7, 11) is 1.58. The first-order valence-corrected chi connectivity index (χ1v) is 8.22. The van der Waals surface area contributed by atoms with Gasteiger partial charge in [0.25, 0.3) is 5.91 Å². The van der Waals surface area contributed by atoms with Crippen molar-refractivity contribution in [2.24, 2.45) is 0 Å². The number of rotatable bonds is 4. The second-order valence-electron chi connectivity index (χ2n) is 6.15. The van der Waals surface area contributed by atoms with Crippen molar-refractivity contribution in [1.29, 1.82) is 0 Å². The number of hydrogen-bond donors (Lipinski definition) is 1. The van der Waals surface area contributed by atoms with E-state index in [0.29, 0.717) is 30.1 Å². The zero-order chi connectivity index (χ0) is 18.0. The first-order valence-electron chi connectivity index (χ1n) is 8.22. The summed E-state index contributed by atoms with van der Waals surface area (Å²) in [6.45, 7) is 3.00. The Morgan fingerprint density at radius 2 is 2.00 bits per heavy atom. The minimum atomic E-state index is -0.964. The number of aromatic nitrogens is 2. The number of amides is 1. The zero-order valence-electron chi connectivity index (χ0n) is 14.3. The number of likely N-dealkylation sites (tertiary alicyclic amines) is 1. The third-order valence-electron chi connectivity index (χ3n) is 4.69. The van der Waals surface area contributed by atoms with Gasteiger partial charge in [0.15, 0.2) is 0 Å². The summed E-state index contributed by atoms with van der Waals surface area (Å²) >= 11 is 0. The number of hydrogen-bond acceptors (Lipinski definition) is 4. The smallest absolute Gasteiger partial charge is 0.339 e. The molecule has 0 saturated carbocycles. The van der Waals surface area contributed by atoms with Crippen LogP contribution in [0.1, 0.15) is 45.3 Å². The summed E-state index contributed by atoms with van der Waals surface area (Å²) in [6, 6.07) is 7.25. The Morgan fingerprint density at radius 3 is 2.60 bits per heavy atom. The van der Waals surface area contributed by atoms with E-state index in [1.54, 1.807) is 36.9 Å². The maximum Gasteiger partial charge on any atom is 0.339 e. The fourth-order valence-electron chi connectivity index (χ4n) is 3.25. The predicted octanol–water partition coefficient (Wildman–Crippen LogP) is 2.38. The maximum absolute atomic E-state index is 12.6. The Kier molecular flexibility index (Phi) is 4.74. The second kappa shape index (κ2) is 6.96. The highest BCUT2D eigenvalue weighted by Crippen LogP contribution is 2.26. The van der Waals surface area contributed by atoms with E-state index in [-0.39, 0.29) is 17.5 Å².